The first-order chi connectivity index (χ1) is 16.7. The van der Waals surface area contributed by atoms with Crippen LogP contribution in [0.1, 0.15) is 0 Å². The molecule has 1 atom stereocenters. The lowest BCUT2D eigenvalue weighted by molar-refractivity contribution is 0.593. The maximum atomic E-state index is 15.4. The maximum Gasteiger partial charge on any atom is 0.223 e. The van der Waals surface area contributed by atoms with E-state index < -0.39 is 17.6 Å². The topological polar surface area (TPSA) is 17.1 Å². The lowest BCUT2D eigenvalue weighted by Gasteiger charge is -2.16. The molecule has 0 aliphatic carbocycles. The minimum absolute atomic E-state index is 0.490. The molecule has 1 aromatic heterocycles. The molecule has 164 valence electrons. The summed E-state index contributed by atoms with van der Waals surface area (Å²) in [5.74, 6) is 0. The van der Waals surface area contributed by atoms with E-state index in [2.05, 4.69) is 76.6 Å². The van der Waals surface area contributed by atoms with Gasteiger partial charge < -0.3 is 4.57 Å². The third-order valence-electron chi connectivity index (χ3n) is 6.23. The summed E-state index contributed by atoms with van der Waals surface area (Å²) < 4.78 is 18.7. The van der Waals surface area contributed by atoms with Crippen LogP contribution in [0.4, 0.5) is 0 Å². The molecule has 0 fully saturated rings. The average Bonchev–Trinajstić information content (AvgIpc) is 3.30. The van der Waals surface area contributed by atoms with Gasteiger partial charge >= 0.3 is 0 Å². The number of benzene rings is 5. The molecule has 0 N–H and O–H groups in total. The van der Waals surface area contributed by atoms with E-state index in [0.717, 1.165) is 24.6 Å². The van der Waals surface area contributed by atoms with Crippen molar-refractivity contribution in [3.63, 3.8) is 0 Å². The van der Waals surface area contributed by atoms with Crippen molar-refractivity contribution in [2.75, 3.05) is 0 Å². The first-order valence-corrected chi connectivity index (χ1v) is 14.8. The summed E-state index contributed by atoms with van der Waals surface area (Å²) in [7, 11) is -3.61. The predicted molar refractivity (Wildman–Crippen MR) is 152 cm³/mol. The SMILES string of the molecule is O=P(c1ccccc1)(c1ccccc1)c1cc2c3ccccc3ccc2[s+]1-c1ccccc1Br. The van der Waals surface area contributed by atoms with Crippen molar-refractivity contribution in [2.24, 2.45) is 0 Å². The van der Waals surface area contributed by atoms with Crippen molar-refractivity contribution in [1.82, 2.24) is 0 Å². The maximum absolute atomic E-state index is 15.4. The van der Waals surface area contributed by atoms with Crippen LogP contribution in [0.25, 0.3) is 25.8 Å². The molecule has 0 amide bonds. The molecule has 4 heteroatoms. The average molecular weight is 540 g/mol. The van der Waals surface area contributed by atoms with Crippen LogP contribution in [0.5, 0.6) is 0 Å². The van der Waals surface area contributed by atoms with Crippen LogP contribution in [-0.2, 0) is 4.57 Å². The molecule has 0 aliphatic rings. The molecule has 6 aromatic rings. The molecule has 0 spiro atoms. The fourth-order valence-corrected chi connectivity index (χ4v) is 12.0. The van der Waals surface area contributed by atoms with E-state index in [1.54, 1.807) is 0 Å². The van der Waals surface area contributed by atoms with E-state index in [1.165, 1.54) is 20.9 Å². The zero-order valence-electron chi connectivity index (χ0n) is 18.3. The first-order valence-electron chi connectivity index (χ1n) is 11.1. The Labute approximate surface area is 210 Å². The monoisotopic (exact) mass is 539 g/mol. The lowest BCUT2D eigenvalue weighted by atomic mass is 10.1. The molecule has 0 saturated carbocycles. The first kappa shape index (κ1) is 21.6. The molecule has 1 heterocycles. The third kappa shape index (κ3) is 3.39. The molecular weight excluding hydrogens is 519 g/mol. The van der Waals surface area contributed by atoms with Crippen molar-refractivity contribution in [3.8, 4) is 4.90 Å². The Morgan fingerprint density at radius 1 is 0.588 bits per heavy atom. The van der Waals surface area contributed by atoms with Crippen molar-refractivity contribution < 1.29 is 4.57 Å². The van der Waals surface area contributed by atoms with Gasteiger partial charge in [0.05, 0.1) is 4.47 Å². The highest BCUT2D eigenvalue weighted by Gasteiger charge is 2.41. The molecule has 1 unspecified atom stereocenters. The quantitative estimate of drug-likeness (QED) is 0.163. The number of thiophene rings is 1. The molecule has 34 heavy (non-hydrogen) atoms. The van der Waals surface area contributed by atoms with E-state index in [-0.39, 0.29) is 0 Å². The fraction of sp³-hybridized carbons (Fsp3) is 0. The van der Waals surface area contributed by atoms with Gasteiger partial charge in [-0.3, -0.25) is 0 Å². The van der Waals surface area contributed by atoms with E-state index >= 15 is 4.57 Å². The summed E-state index contributed by atoms with van der Waals surface area (Å²) in [5.41, 5.74) is 0. The number of fused-ring (bicyclic) bond motifs is 3. The highest BCUT2D eigenvalue weighted by molar-refractivity contribution is 9.10. The Balaban J connectivity index is 1.81. The Morgan fingerprint density at radius 2 is 1.18 bits per heavy atom. The van der Waals surface area contributed by atoms with Crippen LogP contribution in [0.2, 0.25) is 0 Å². The zero-order valence-corrected chi connectivity index (χ0v) is 21.6. The van der Waals surface area contributed by atoms with E-state index in [0.29, 0.717) is 0 Å². The van der Waals surface area contributed by atoms with Gasteiger partial charge in [-0.05, 0) is 51.0 Å². The normalized spacial score (nSPS) is 12.3. The van der Waals surface area contributed by atoms with Gasteiger partial charge in [0.1, 0.15) is 0 Å². The molecule has 0 radical (unpaired) electrons. The van der Waals surface area contributed by atoms with Crippen molar-refractivity contribution >= 4 is 69.6 Å². The van der Waals surface area contributed by atoms with Gasteiger partial charge in [-0.15, -0.1) is 0 Å². The van der Waals surface area contributed by atoms with Crippen LogP contribution in [0, 0.1) is 0 Å². The Kier molecular flexibility index (Phi) is 5.50. The van der Waals surface area contributed by atoms with Crippen molar-refractivity contribution in [3.05, 3.63) is 132 Å². The summed E-state index contributed by atoms with van der Waals surface area (Å²) in [6.07, 6.45) is 0. The van der Waals surface area contributed by atoms with E-state index in [1.807, 2.05) is 66.7 Å². The van der Waals surface area contributed by atoms with Crippen LogP contribution in [0.15, 0.2) is 132 Å². The lowest BCUT2D eigenvalue weighted by Crippen LogP contribution is -2.24. The van der Waals surface area contributed by atoms with E-state index in [4.69, 9.17) is 0 Å². The molecule has 0 saturated heterocycles. The van der Waals surface area contributed by atoms with Crippen molar-refractivity contribution in [1.29, 1.82) is 0 Å². The highest BCUT2D eigenvalue weighted by atomic mass is 79.9. The molecule has 6 rings (SSSR count). The Bertz CT molecular complexity index is 1650. The largest absolute Gasteiger partial charge is 0.303 e. The summed E-state index contributed by atoms with van der Waals surface area (Å²) in [5, 5.41) is 5.32. The Morgan fingerprint density at radius 3 is 1.85 bits per heavy atom. The fourth-order valence-electron chi connectivity index (χ4n) is 4.64. The molecule has 1 nitrogen and oxygen atoms in total. The van der Waals surface area contributed by atoms with Gasteiger partial charge in [-0.1, -0.05) is 97.1 Å². The van der Waals surface area contributed by atoms with Gasteiger partial charge in [-0.25, -0.2) is 0 Å². The second-order valence-electron chi connectivity index (χ2n) is 8.20. The summed E-state index contributed by atoms with van der Waals surface area (Å²) in [6, 6.07) is 43.4. The molecule has 0 aliphatic heterocycles. The number of rotatable bonds is 4. The zero-order chi connectivity index (χ0) is 23.1. The van der Waals surface area contributed by atoms with Crippen LogP contribution >= 0.6 is 33.5 Å². The highest BCUT2D eigenvalue weighted by Crippen LogP contribution is 2.54. The predicted octanol–water partition coefficient (Wildman–Crippen LogP) is 8.13. The van der Waals surface area contributed by atoms with E-state index in [9.17, 15) is 0 Å². The minimum Gasteiger partial charge on any atom is -0.303 e. The van der Waals surface area contributed by atoms with Gasteiger partial charge in [0.15, 0.2) is 9.60 Å². The smallest absolute Gasteiger partial charge is 0.223 e. The van der Waals surface area contributed by atoms with Gasteiger partial charge in [0.2, 0.25) is 11.8 Å². The van der Waals surface area contributed by atoms with Crippen molar-refractivity contribution in [2.45, 2.75) is 0 Å². The standard InChI is InChI=1S/C30H21BrOPS/c31-27-17-9-10-18-29(27)34-28-20-19-22-11-7-8-16-25(22)26(28)21-30(34)33(32,23-12-3-1-4-13-23)24-14-5-2-6-15-24/h1-21H/q+1. The minimum atomic E-state index is -3.12. The number of halogens is 1. The van der Waals surface area contributed by atoms with Gasteiger partial charge in [-0.2, -0.15) is 0 Å². The van der Waals surface area contributed by atoms with Crippen LogP contribution in [-0.4, -0.2) is 0 Å². The van der Waals surface area contributed by atoms with Gasteiger partial charge in [0, 0.05) is 32.5 Å². The third-order valence-corrected chi connectivity index (χ3v) is 13.4. The Hall–Kier alpha value is -2.97. The second-order valence-corrected chi connectivity index (χ2v) is 14.0. The van der Waals surface area contributed by atoms with Gasteiger partial charge in [0.25, 0.3) is 0 Å². The molecular formula is C30H21BrOPS+. The number of hydrogen-bond donors (Lipinski definition) is 0. The summed E-state index contributed by atoms with van der Waals surface area (Å²) in [6.45, 7) is 0. The molecule has 0 bridgehead atoms. The molecule has 5 aromatic carbocycles. The summed E-state index contributed by atoms with van der Waals surface area (Å²) in [4.78, 5) is 1.16. The summed E-state index contributed by atoms with van der Waals surface area (Å²) >= 11 is 3.80. The second kappa shape index (κ2) is 8.67. The van der Waals surface area contributed by atoms with Crippen LogP contribution in [0.3, 0.4) is 0 Å². The van der Waals surface area contributed by atoms with Crippen LogP contribution < -0.4 is 15.2 Å². The number of hydrogen-bond acceptors (Lipinski definition) is 1.